The summed E-state index contributed by atoms with van der Waals surface area (Å²) < 4.78 is 0. The van der Waals surface area contributed by atoms with Crippen LogP contribution in [0.1, 0.15) is 12.5 Å². The number of amides is 1. The third-order valence-electron chi connectivity index (χ3n) is 2.55. The van der Waals surface area contributed by atoms with Gasteiger partial charge in [0.25, 0.3) is 0 Å². The van der Waals surface area contributed by atoms with Gasteiger partial charge in [-0.2, -0.15) is 0 Å². The second kappa shape index (κ2) is 5.56. The van der Waals surface area contributed by atoms with Gasteiger partial charge in [-0.1, -0.05) is 6.92 Å². The minimum absolute atomic E-state index is 0.0822. The van der Waals surface area contributed by atoms with E-state index in [-0.39, 0.29) is 11.8 Å². The van der Waals surface area contributed by atoms with E-state index in [1.54, 1.807) is 4.90 Å². The van der Waals surface area contributed by atoms with Crippen molar-refractivity contribution >= 4 is 5.91 Å². The molecular weight excluding hydrogens is 190 g/mol. The van der Waals surface area contributed by atoms with Crippen molar-refractivity contribution in [3.8, 4) is 0 Å². The van der Waals surface area contributed by atoms with E-state index in [0.29, 0.717) is 6.54 Å². The lowest BCUT2D eigenvalue weighted by Crippen LogP contribution is -2.36. The van der Waals surface area contributed by atoms with Crippen LogP contribution in [0, 0.1) is 5.92 Å². The summed E-state index contributed by atoms with van der Waals surface area (Å²) in [5, 5.41) is 0. The van der Waals surface area contributed by atoms with Crippen molar-refractivity contribution in [1.29, 1.82) is 0 Å². The zero-order chi connectivity index (χ0) is 11.3. The highest BCUT2D eigenvalue weighted by molar-refractivity contribution is 5.78. The van der Waals surface area contributed by atoms with Crippen LogP contribution < -0.4 is 5.73 Å². The van der Waals surface area contributed by atoms with Gasteiger partial charge in [0.05, 0.1) is 0 Å². The van der Waals surface area contributed by atoms with Crippen molar-refractivity contribution < 1.29 is 4.79 Å². The van der Waals surface area contributed by atoms with Crippen molar-refractivity contribution in [2.45, 2.75) is 13.3 Å². The van der Waals surface area contributed by atoms with Crippen LogP contribution in [0.4, 0.5) is 0 Å². The molecule has 0 spiro atoms. The predicted molar refractivity (Wildman–Crippen MR) is 60.4 cm³/mol. The first kappa shape index (κ1) is 11.8. The Labute approximate surface area is 90.5 Å². The van der Waals surface area contributed by atoms with Crippen LogP contribution in [0.2, 0.25) is 0 Å². The van der Waals surface area contributed by atoms with Gasteiger partial charge in [0.2, 0.25) is 5.91 Å². The molecule has 0 aliphatic carbocycles. The number of aromatic nitrogens is 1. The summed E-state index contributed by atoms with van der Waals surface area (Å²) in [4.78, 5) is 16.4. The van der Waals surface area contributed by atoms with E-state index in [0.717, 1.165) is 13.0 Å². The third-order valence-corrected chi connectivity index (χ3v) is 2.55. The van der Waals surface area contributed by atoms with Crippen molar-refractivity contribution in [1.82, 2.24) is 9.88 Å². The molecule has 84 valence electrons. The molecule has 1 rings (SSSR count). The molecule has 4 nitrogen and oxygen atoms in total. The van der Waals surface area contributed by atoms with Gasteiger partial charge in [-0.25, -0.2) is 0 Å². The van der Waals surface area contributed by atoms with Gasteiger partial charge >= 0.3 is 0 Å². The molecule has 0 aromatic carbocycles. The van der Waals surface area contributed by atoms with Crippen molar-refractivity contribution in [3.63, 3.8) is 0 Å². The molecule has 1 atom stereocenters. The van der Waals surface area contributed by atoms with E-state index in [1.807, 2.05) is 32.4 Å². The highest BCUT2D eigenvalue weighted by atomic mass is 16.2. The molecule has 1 unspecified atom stereocenters. The normalized spacial score (nSPS) is 12.5. The van der Waals surface area contributed by atoms with Crippen LogP contribution in [-0.4, -0.2) is 35.9 Å². The molecule has 4 heteroatoms. The number of nitrogens with two attached hydrogens (primary N) is 1. The summed E-state index contributed by atoms with van der Waals surface area (Å²) >= 11 is 0. The zero-order valence-corrected chi connectivity index (χ0v) is 9.36. The number of likely N-dealkylation sites (N-methyl/N-ethyl adjacent to an activating group) is 1. The summed E-state index contributed by atoms with van der Waals surface area (Å²) in [7, 11) is 1.82. The second-order valence-corrected chi connectivity index (χ2v) is 3.87. The number of carbonyl (C=O) groups excluding carboxylic acids is 1. The first-order valence-electron chi connectivity index (χ1n) is 5.22. The molecular formula is C11H19N3O. The van der Waals surface area contributed by atoms with Gasteiger partial charge < -0.3 is 15.6 Å². The van der Waals surface area contributed by atoms with Crippen LogP contribution in [-0.2, 0) is 11.2 Å². The topological polar surface area (TPSA) is 62.1 Å². The van der Waals surface area contributed by atoms with Crippen LogP contribution in [0.25, 0.3) is 0 Å². The molecule has 1 aromatic rings. The van der Waals surface area contributed by atoms with Gasteiger partial charge in [-0.15, -0.1) is 0 Å². The van der Waals surface area contributed by atoms with Crippen LogP contribution in [0.5, 0.6) is 0 Å². The lowest BCUT2D eigenvalue weighted by molar-refractivity contribution is -0.133. The summed E-state index contributed by atoms with van der Waals surface area (Å²) in [6.45, 7) is 3.00. The first-order valence-corrected chi connectivity index (χ1v) is 5.22. The summed E-state index contributed by atoms with van der Waals surface area (Å²) in [6.07, 6.45) is 4.72. The maximum atomic E-state index is 11.7. The first-order chi connectivity index (χ1) is 7.15. The smallest absolute Gasteiger partial charge is 0.226 e. The Morgan fingerprint density at radius 2 is 2.40 bits per heavy atom. The number of hydrogen-bond donors (Lipinski definition) is 2. The lowest BCUT2D eigenvalue weighted by Gasteiger charge is -2.20. The number of nitrogens with zero attached hydrogens (tertiary/aromatic N) is 1. The van der Waals surface area contributed by atoms with Gasteiger partial charge in [-0.3, -0.25) is 4.79 Å². The minimum atomic E-state index is -0.0822. The van der Waals surface area contributed by atoms with Gasteiger partial charge in [0, 0.05) is 38.4 Å². The average Bonchev–Trinajstić information content (AvgIpc) is 2.76. The number of nitrogens with one attached hydrogen (secondary N) is 1. The van der Waals surface area contributed by atoms with Crippen molar-refractivity contribution in [3.05, 3.63) is 24.0 Å². The fourth-order valence-electron chi connectivity index (χ4n) is 1.40. The molecule has 1 amide bonds. The van der Waals surface area contributed by atoms with Crippen LogP contribution >= 0.6 is 0 Å². The average molecular weight is 209 g/mol. The number of H-pyrrole nitrogens is 1. The number of carbonyl (C=O) groups is 1. The molecule has 3 N–H and O–H groups in total. The van der Waals surface area contributed by atoms with E-state index >= 15 is 0 Å². The maximum Gasteiger partial charge on any atom is 0.226 e. The summed E-state index contributed by atoms with van der Waals surface area (Å²) in [5.41, 5.74) is 6.67. The van der Waals surface area contributed by atoms with Crippen LogP contribution in [0.3, 0.4) is 0 Å². The van der Waals surface area contributed by atoms with Crippen molar-refractivity contribution in [2.24, 2.45) is 11.7 Å². The Morgan fingerprint density at radius 3 is 2.93 bits per heavy atom. The number of rotatable bonds is 5. The molecule has 1 heterocycles. The lowest BCUT2D eigenvalue weighted by atomic mass is 10.1. The SMILES string of the molecule is CC(CN)C(=O)N(C)CCc1cc[nH]c1. The second-order valence-electron chi connectivity index (χ2n) is 3.87. The zero-order valence-electron chi connectivity index (χ0n) is 9.36. The van der Waals surface area contributed by atoms with Crippen LogP contribution in [0.15, 0.2) is 18.5 Å². The fraction of sp³-hybridized carbons (Fsp3) is 0.545. The Balaban J connectivity index is 2.35. The van der Waals surface area contributed by atoms with E-state index in [9.17, 15) is 4.79 Å². The van der Waals surface area contributed by atoms with E-state index in [4.69, 9.17) is 5.73 Å². The summed E-state index contributed by atoms with van der Waals surface area (Å²) in [5.74, 6) is 0.0364. The minimum Gasteiger partial charge on any atom is -0.367 e. The maximum absolute atomic E-state index is 11.7. The quantitative estimate of drug-likeness (QED) is 0.746. The standard InChI is InChI=1S/C11H19N3O/c1-9(7-12)11(15)14(2)6-4-10-3-5-13-8-10/h3,5,8-9,13H,4,6-7,12H2,1-2H3. The Morgan fingerprint density at radius 1 is 1.67 bits per heavy atom. The summed E-state index contributed by atoms with van der Waals surface area (Å²) in [6, 6.07) is 2.02. The third kappa shape index (κ3) is 3.40. The molecule has 0 radical (unpaired) electrons. The van der Waals surface area contributed by atoms with E-state index < -0.39 is 0 Å². The fourth-order valence-corrected chi connectivity index (χ4v) is 1.40. The Bertz CT molecular complexity index is 295. The van der Waals surface area contributed by atoms with Gasteiger partial charge in [0.15, 0.2) is 0 Å². The highest BCUT2D eigenvalue weighted by Crippen LogP contribution is 2.02. The molecule has 15 heavy (non-hydrogen) atoms. The Hall–Kier alpha value is -1.29. The highest BCUT2D eigenvalue weighted by Gasteiger charge is 2.15. The predicted octanol–water partition coefficient (Wildman–Crippen LogP) is 0.610. The largest absolute Gasteiger partial charge is 0.367 e. The molecule has 0 saturated carbocycles. The molecule has 0 bridgehead atoms. The number of aromatic amines is 1. The van der Waals surface area contributed by atoms with E-state index in [1.165, 1.54) is 5.56 Å². The van der Waals surface area contributed by atoms with Crippen molar-refractivity contribution in [2.75, 3.05) is 20.1 Å². The van der Waals surface area contributed by atoms with Gasteiger partial charge in [0.1, 0.15) is 0 Å². The van der Waals surface area contributed by atoms with E-state index in [2.05, 4.69) is 4.98 Å². The molecule has 0 saturated heterocycles. The van der Waals surface area contributed by atoms with Gasteiger partial charge in [-0.05, 0) is 18.1 Å². The molecule has 1 aromatic heterocycles. The molecule has 0 fully saturated rings. The monoisotopic (exact) mass is 209 g/mol. The molecule has 0 aliphatic heterocycles. The Kier molecular flexibility index (Phi) is 4.37. The molecule has 0 aliphatic rings. The number of hydrogen-bond acceptors (Lipinski definition) is 2.